The van der Waals surface area contributed by atoms with Crippen LogP contribution in [0.5, 0.6) is 23.0 Å². The Morgan fingerprint density at radius 3 is 1.02 bits per heavy atom. The predicted octanol–water partition coefficient (Wildman–Crippen LogP) is 5.06. The number of benzene rings is 4. The topological polar surface area (TPSA) is 89.7 Å². The minimum atomic E-state index is 0.278. The first-order chi connectivity index (χ1) is 21.3. The van der Waals surface area contributed by atoms with E-state index in [1.165, 1.54) is 0 Å². The van der Waals surface area contributed by atoms with E-state index in [-0.39, 0.29) is 12.2 Å². The molecule has 2 aliphatic heterocycles. The third-order valence-corrected chi connectivity index (χ3v) is 6.96. The molecule has 228 valence electrons. The van der Waals surface area contributed by atoms with Gasteiger partial charge in [0.2, 0.25) is 0 Å². The second-order valence-corrected chi connectivity index (χ2v) is 10.4. The van der Waals surface area contributed by atoms with Crippen LogP contribution in [-0.2, 0) is 23.7 Å². The number of fused-ring (bicyclic) bond motifs is 2. The standard InChI is InChI=1S/C34H38O9/c1-5-29(17-25-3-7-31(19-27(1)25)40-15-11-36-21-33-23-42-33)38-13-9-35-10-14-39-30-6-2-28-20-32(8-4-26(28)18-30)41-16-12-37-22-34-24-43-34/h1-8,17-20,33-34H,9-16,21-24H2. The summed E-state index contributed by atoms with van der Waals surface area (Å²) in [6.07, 6.45) is 0.555. The van der Waals surface area contributed by atoms with Gasteiger partial charge >= 0.3 is 0 Å². The SMILES string of the molecule is c1cc2cc(OCCOCC3CO3)ccc2cc1OCCOCCOc1ccc2cc(OCCOCC3CO3)ccc2c1. The van der Waals surface area contributed by atoms with Crippen LogP contribution in [0.4, 0.5) is 0 Å². The van der Waals surface area contributed by atoms with Gasteiger partial charge in [0.25, 0.3) is 0 Å². The number of epoxide rings is 2. The maximum Gasteiger partial charge on any atom is 0.120 e. The van der Waals surface area contributed by atoms with Crippen molar-refractivity contribution >= 4 is 21.5 Å². The van der Waals surface area contributed by atoms with Gasteiger partial charge in [-0.15, -0.1) is 0 Å². The summed E-state index contributed by atoms with van der Waals surface area (Å²) in [5.41, 5.74) is 0. The van der Waals surface area contributed by atoms with Crippen LogP contribution >= 0.6 is 0 Å². The monoisotopic (exact) mass is 590 g/mol. The van der Waals surface area contributed by atoms with Crippen molar-refractivity contribution < 1.29 is 42.6 Å². The smallest absolute Gasteiger partial charge is 0.120 e. The van der Waals surface area contributed by atoms with E-state index in [1.807, 2.05) is 72.8 Å². The molecule has 0 radical (unpaired) electrons. The molecule has 2 heterocycles. The van der Waals surface area contributed by atoms with Gasteiger partial charge in [-0.25, -0.2) is 0 Å². The minimum Gasteiger partial charge on any atom is -0.491 e. The number of rotatable bonds is 20. The Balaban J connectivity index is 0.842. The van der Waals surface area contributed by atoms with Crippen LogP contribution in [0, 0.1) is 0 Å². The maximum absolute atomic E-state index is 5.89. The molecule has 0 spiro atoms. The van der Waals surface area contributed by atoms with Crippen molar-refractivity contribution in [3.63, 3.8) is 0 Å². The lowest BCUT2D eigenvalue weighted by atomic mass is 10.1. The molecule has 2 atom stereocenters. The van der Waals surface area contributed by atoms with Gasteiger partial charge in [-0.1, -0.05) is 24.3 Å². The second-order valence-electron chi connectivity index (χ2n) is 10.4. The van der Waals surface area contributed by atoms with Crippen LogP contribution in [0.2, 0.25) is 0 Å². The van der Waals surface area contributed by atoms with Crippen molar-refractivity contribution in [2.75, 3.05) is 79.3 Å². The van der Waals surface area contributed by atoms with Crippen LogP contribution in [0.3, 0.4) is 0 Å². The van der Waals surface area contributed by atoms with E-state index in [1.54, 1.807) is 0 Å². The summed E-state index contributed by atoms with van der Waals surface area (Å²) in [6.45, 7) is 6.88. The van der Waals surface area contributed by atoms with Crippen LogP contribution in [-0.4, -0.2) is 91.5 Å². The zero-order chi connectivity index (χ0) is 29.1. The Morgan fingerprint density at radius 1 is 0.419 bits per heavy atom. The largest absolute Gasteiger partial charge is 0.491 e. The Hall–Kier alpha value is -3.60. The summed E-state index contributed by atoms with van der Waals surface area (Å²) >= 11 is 0. The highest BCUT2D eigenvalue weighted by Gasteiger charge is 2.22. The molecule has 43 heavy (non-hydrogen) atoms. The van der Waals surface area contributed by atoms with Crippen LogP contribution in [0.15, 0.2) is 72.8 Å². The quantitative estimate of drug-likeness (QED) is 0.104. The average Bonchev–Trinajstić information content (AvgIpc) is 3.97. The lowest BCUT2D eigenvalue weighted by molar-refractivity contribution is 0.0765. The van der Waals surface area contributed by atoms with Crippen molar-refractivity contribution in [2.24, 2.45) is 0 Å². The summed E-state index contributed by atoms with van der Waals surface area (Å²) in [7, 11) is 0. The third-order valence-electron chi connectivity index (χ3n) is 6.96. The molecule has 9 nitrogen and oxygen atoms in total. The van der Waals surface area contributed by atoms with Crippen LogP contribution < -0.4 is 18.9 Å². The minimum absolute atomic E-state index is 0.278. The summed E-state index contributed by atoms with van der Waals surface area (Å²) in [5.74, 6) is 3.25. The number of hydrogen-bond donors (Lipinski definition) is 0. The fourth-order valence-corrected chi connectivity index (χ4v) is 4.50. The van der Waals surface area contributed by atoms with Crippen LogP contribution in [0.25, 0.3) is 21.5 Å². The van der Waals surface area contributed by atoms with Gasteiger partial charge in [0.15, 0.2) is 0 Å². The van der Waals surface area contributed by atoms with E-state index in [0.717, 1.165) is 57.8 Å². The van der Waals surface area contributed by atoms with Gasteiger partial charge in [-0.3, -0.25) is 0 Å². The van der Waals surface area contributed by atoms with E-state index in [4.69, 9.17) is 42.6 Å². The van der Waals surface area contributed by atoms with E-state index >= 15 is 0 Å². The average molecular weight is 591 g/mol. The molecular formula is C34H38O9. The highest BCUT2D eigenvalue weighted by Crippen LogP contribution is 2.26. The van der Waals surface area contributed by atoms with Crippen LogP contribution in [0.1, 0.15) is 0 Å². The molecule has 0 N–H and O–H groups in total. The second kappa shape index (κ2) is 15.2. The molecule has 0 amide bonds. The van der Waals surface area contributed by atoms with Crippen molar-refractivity contribution in [3.05, 3.63) is 72.8 Å². The van der Waals surface area contributed by atoms with Crippen molar-refractivity contribution in [1.82, 2.24) is 0 Å². The fraction of sp³-hybridized carbons (Fsp3) is 0.412. The molecule has 0 aromatic heterocycles. The first-order valence-electron chi connectivity index (χ1n) is 14.8. The summed E-state index contributed by atoms with van der Waals surface area (Å²) in [5, 5.41) is 4.36. The third kappa shape index (κ3) is 9.71. The van der Waals surface area contributed by atoms with Gasteiger partial charge in [0.1, 0.15) is 61.6 Å². The zero-order valence-electron chi connectivity index (χ0n) is 24.2. The highest BCUT2D eigenvalue weighted by molar-refractivity contribution is 5.86. The normalized spacial score (nSPS) is 17.2. The molecular weight excluding hydrogens is 552 g/mol. The van der Waals surface area contributed by atoms with E-state index < -0.39 is 0 Å². The van der Waals surface area contributed by atoms with Gasteiger partial charge in [-0.2, -0.15) is 0 Å². The molecule has 2 saturated heterocycles. The van der Waals surface area contributed by atoms with E-state index in [9.17, 15) is 0 Å². The van der Waals surface area contributed by atoms with Gasteiger partial charge in [0, 0.05) is 0 Å². The van der Waals surface area contributed by atoms with Crippen molar-refractivity contribution in [1.29, 1.82) is 0 Å². The lowest BCUT2D eigenvalue weighted by Gasteiger charge is -2.11. The molecule has 4 aromatic carbocycles. The molecule has 0 bridgehead atoms. The van der Waals surface area contributed by atoms with Crippen molar-refractivity contribution in [2.45, 2.75) is 12.2 Å². The summed E-state index contributed by atoms with van der Waals surface area (Å²) in [6, 6.07) is 24.1. The van der Waals surface area contributed by atoms with E-state index in [2.05, 4.69) is 0 Å². The molecule has 0 aliphatic carbocycles. The molecule has 9 heteroatoms. The molecule has 4 aromatic rings. The molecule has 0 saturated carbocycles. The first-order valence-corrected chi connectivity index (χ1v) is 14.8. The van der Waals surface area contributed by atoms with E-state index in [0.29, 0.717) is 66.1 Å². The maximum atomic E-state index is 5.89. The Bertz CT molecular complexity index is 1340. The van der Waals surface area contributed by atoms with Gasteiger partial charge in [-0.05, 0) is 70.1 Å². The molecule has 6 rings (SSSR count). The summed E-state index contributed by atoms with van der Waals surface area (Å²) in [4.78, 5) is 0. The Labute approximate surface area is 251 Å². The molecule has 2 unspecified atom stereocenters. The fourth-order valence-electron chi connectivity index (χ4n) is 4.50. The van der Waals surface area contributed by atoms with Crippen molar-refractivity contribution in [3.8, 4) is 23.0 Å². The zero-order valence-corrected chi connectivity index (χ0v) is 24.2. The molecule has 2 aliphatic rings. The Kier molecular flexibility index (Phi) is 10.4. The number of hydrogen-bond acceptors (Lipinski definition) is 9. The predicted molar refractivity (Wildman–Crippen MR) is 162 cm³/mol. The first kappa shape index (κ1) is 29.5. The number of ether oxygens (including phenoxy) is 9. The highest BCUT2D eigenvalue weighted by atomic mass is 16.6. The molecule has 2 fully saturated rings. The van der Waals surface area contributed by atoms with Gasteiger partial charge < -0.3 is 42.6 Å². The summed E-state index contributed by atoms with van der Waals surface area (Å²) < 4.78 is 50.4. The van der Waals surface area contributed by atoms with Gasteiger partial charge in [0.05, 0.1) is 52.9 Å². The Morgan fingerprint density at radius 2 is 0.721 bits per heavy atom. The lowest BCUT2D eigenvalue weighted by Crippen LogP contribution is -2.12.